The van der Waals surface area contributed by atoms with E-state index in [2.05, 4.69) is 16.0 Å². The molecule has 0 aliphatic carbocycles. The van der Waals surface area contributed by atoms with Crippen LogP contribution < -0.4 is 16.0 Å². The van der Waals surface area contributed by atoms with Crippen molar-refractivity contribution in [3.63, 3.8) is 0 Å². The molecule has 0 radical (unpaired) electrons. The van der Waals surface area contributed by atoms with Gasteiger partial charge in [-0.25, -0.2) is 0 Å². The van der Waals surface area contributed by atoms with Crippen LogP contribution in [0.5, 0.6) is 0 Å². The second-order valence-corrected chi connectivity index (χ2v) is 11.7. The highest BCUT2D eigenvalue weighted by molar-refractivity contribution is 5.98. The van der Waals surface area contributed by atoms with E-state index in [9.17, 15) is 24.0 Å². The minimum Gasteiger partial charge on any atom is -0.343 e. The van der Waals surface area contributed by atoms with Crippen LogP contribution in [0.2, 0.25) is 0 Å². The summed E-state index contributed by atoms with van der Waals surface area (Å²) in [7, 11) is 0. The van der Waals surface area contributed by atoms with Crippen molar-refractivity contribution in [2.24, 2.45) is 17.8 Å². The van der Waals surface area contributed by atoms with Gasteiger partial charge in [0.15, 0.2) is 0 Å². The highest BCUT2D eigenvalue weighted by atomic mass is 16.2. The van der Waals surface area contributed by atoms with E-state index in [1.165, 1.54) is 0 Å². The van der Waals surface area contributed by atoms with Crippen LogP contribution in [0.4, 0.5) is 0 Å². The molecular weight excluding hydrogens is 474 g/mol. The van der Waals surface area contributed by atoms with Gasteiger partial charge in [0.05, 0.1) is 0 Å². The van der Waals surface area contributed by atoms with Crippen LogP contribution in [0.25, 0.3) is 0 Å². The van der Waals surface area contributed by atoms with Gasteiger partial charge in [-0.15, -0.1) is 0 Å². The molecule has 3 saturated heterocycles. The molecule has 3 aliphatic rings. The zero-order chi connectivity index (χ0) is 27.4. The van der Waals surface area contributed by atoms with Crippen molar-refractivity contribution in [1.29, 1.82) is 0 Å². The van der Waals surface area contributed by atoms with E-state index in [0.717, 1.165) is 0 Å². The molecule has 6 atom stereocenters. The van der Waals surface area contributed by atoms with Gasteiger partial charge in [0.1, 0.15) is 30.2 Å². The lowest BCUT2D eigenvalue weighted by molar-refractivity contribution is -0.145. The van der Waals surface area contributed by atoms with Crippen LogP contribution in [-0.4, -0.2) is 82.6 Å². The Labute approximate surface area is 220 Å². The molecule has 0 bridgehead atoms. The Balaban J connectivity index is 2.04. The molecule has 5 amide bonds. The quantitative estimate of drug-likeness (QED) is 0.503. The van der Waals surface area contributed by atoms with Gasteiger partial charge in [-0.1, -0.05) is 48.0 Å². The molecule has 37 heavy (non-hydrogen) atoms. The number of fused-ring (bicyclic) bond motifs is 2. The summed E-state index contributed by atoms with van der Waals surface area (Å²) in [4.78, 5) is 70.8. The molecule has 0 aromatic heterocycles. The average Bonchev–Trinajstić information content (AvgIpc) is 3.53. The predicted molar refractivity (Wildman–Crippen MR) is 139 cm³/mol. The summed E-state index contributed by atoms with van der Waals surface area (Å²) in [6.07, 6.45) is 3.40. The fourth-order valence-electron chi connectivity index (χ4n) is 5.63. The summed E-state index contributed by atoms with van der Waals surface area (Å²) in [5.41, 5.74) is 0. The molecule has 3 aliphatic heterocycles. The van der Waals surface area contributed by atoms with Crippen LogP contribution in [0, 0.1) is 17.8 Å². The standard InChI is InChI=1S/C27H45N5O5/c1-7-17(6)22-27(37)32-13-9-11-20(32)25(35)29-21(16(4)5)26(36)31-12-8-10-19(31)24(34)28-18(14-15(2)3)23(33)30-22/h15-22H,7-14H2,1-6H3,(H,28,34)(H,29,35)(H,30,33)/t17-,18-,19-,20-,21-,22-/m0/s1. The van der Waals surface area contributed by atoms with Gasteiger partial charge in [-0.3, -0.25) is 24.0 Å². The molecule has 208 valence electrons. The first-order chi connectivity index (χ1) is 17.5. The van der Waals surface area contributed by atoms with E-state index in [4.69, 9.17) is 0 Å². The van der Waals surface area contributed by atoms with Crippen molar-refractivity contribution in [1.82, 2.24) is 25.8 Å². The molecule has 10 nitrogen and oxygen atoms in total. The van der Waals surface area contributed by atoms with Gasteiger partial charge in [0.25, 0.3) is 0 Å². The van der Waals surface area contributed by atoms with Gasteiger partial charge in [0, 0.05) is 13.1 Å². The van der Waals surface area contributed by atoms with Crippen molar-refractivity contribution in [3.8, 4) is 0 Å². The Morgan fingerprint density at radius 1 is 0.730 bits per heavy atom. The van der Waals surface area contributed by atoms with E-state index in [-0.39, 0.29) is 41.4 Å². The van der Waals surface area contributed by atoms with Crippen molar-refractivity contribution >= 4 is 29.5 Å². The Morgan fingerprint density at radius 3 is 1.70 bits per heavy atom. The number of amides is 5. The smallest absolute Gasteiger partial charge is 0.246 e. The Morgan fingerprint density at radius 2 is 1.22 bits per heavy atom. The first kappa shape index (κ1) is 28.9. The number of nitrogens with zero attached hydrogens (tertiary/aromatic N) is 2. The summed E-state index contributed by atoms with van der Waals surface area (Å²) >= 11 is 0. The van der Waals surface area contributed by atoms with Gasteiger partial charge < -0.3 is 25.8 Å². The normalized spacial score (nSPS) is 30.9. The highest BCUT2D eigenvalue weighted by Crippen LogP contribution is 2.25. The zero-order valence-corrected chi connectivity index (χ0v) is 23.2. The van der Waals surface area contributed by atoms with Crippen molar-refractivity contribution < 1.29 is 24.0 Å². The highest BCUT2D eigenvalue weighted by Gasteiger charge is 2.44. The maximum Gasteiger partial charge on any atom is 0.246 e. The SMILES string of the molecule is CC[C@H](C)[C@@H]1NC(=O)[C@H](CC(C)C)NC(=O)[C@@H]2CCCN2C(=O)[C@H](C(C)C)NC(=O)[C@@H]2CCCN2C1=O. The lowest BCUT2D eigenvalue weighted by atomic mass is 9.95. The maximum absolute atomic E-state index is 13.8. The van der Waals surface area contributed by atoms with Gasteiger partial charge in [-0.2, -0.15) is 0 Å². The fraction of sp³-hybridized carbons (Fsp3) is 0.815. The van der Waals surface area contributed by atoms with Crippen LogP contribution in [0.15, 0.2) is 0 Å². The van der Waals surface area contributed by atoms with E-state index in [1.54, 1.807) is 9.80 Å². The van der Waals surface area contributed by atoms with Crippen LogP contribution in [-0.2, 0) is 24.0 Å². The van der Waals surface area contributed by atoms with Gasteiger partial charge in [-0.05, 0) is 49.9 Å². The number of nitrogens with one attached hydrogen (secondary N) is 3. The van der Waals surface area contributed by atoms with Crippen LogP contribution >= 0.6 is 0 Å². The minimum atomic E-state index is -0.829. The third-order valence-corrected chi connectivity index (χ3v) is 8.02. The van der Waals surface area contributed by atoms with Gasteiger partial charge in [0.2, 0.25) is 29.5 Å². The molecule has 3 N–H and O–H groups in total. The zero-order valence-electron chi connectivity index (χ0n) is 23.2. The topological polar surface area (TPSA) is 128 Å². The maximum atomic E-state index is 13.8. The summed E-state index contributed by atoms with van der Waals surface area (Å²) in [5, 5.41) is 8.74. The molecule has 0 aromatic carbocycles. The Kier molecular flexibility index (Phi) is 9.58. The molecule has 0 aromatic rings. The average molecular weight is 520 g/mol. The summed E-state index contributed by atoms with van der Waals surface area (Å²) in [6.45, 7) is 12.4. The molecule has 3 rings (SSSR count). The Bertz CT molecular complexity index is 890. The summed E-state index contributed by atoms with van der Waals surface area (Å²) in [5.74, 6) is -1.98. The third-order valence-electron chi connectivity index (χ3n) is 8.02. The minimum absolute atomic E-state index is 0.118. The monoisotopic (exact) mass is 519 g/mol. The van der Waals surface area contributed by atoms with Crippen LogP contribution in [0.1, 0.15) is 80.1 Å². The third kappa shape index (κ3) is 6.44. The second kappa shape index (κ2) is 12.3. The molecule has 3 fully saturated rings. The Hall–Kier alpha value is -2.65. The molecule has 0 saturated carbocycles. The number of rotatable bonds is 5. The van der Waals surface area contributed by atoms with Crippen molar-refractivity contribution in [2.45, 2.75) is 110 Å². The van der Waals surface area contributed by atoms with Crippen molar-refractivity contribution in [3.05, 3.63) is 0 Å². The summed E-state index contributed by atoms with van der Waals surface area (Å²) in [6, 6.07) is -3.85. The van der Waals surface area contributed by atoms with E-state index < -0.39 is 36.1 Å². The number of carbonyl (C=O) groups excluding carboxylic acids is 5. The van der Waals surface area contributed by atoms with Crippen LogP contribution in [0.3, 0.4) is 0 Å². The molecule has 10 heteroatoms. The summed E-state index contributed by atoms with van der Waals surface area (Å²) < 4.78 is 0. The largest absolute Gasteiger partial charge is 0.343 e. The number of hydrogen-bond acceptors (Lipinski definition) is 5. The number of carbonyl (C=O) groups is 5. The lowest BCUT2D eigenvalue weighted by Crippen LogP contribution is -2.59. The van der Waals surface area contributed by atoms with Crippen molar-refractivity contribution in [2.75, 3.05) is 13.1 Å². The molecular formula is C27H45N5O5. The molecule has 0 unspecified atom stereocenters. The van der Waals surface area contributed by atoms with E-state index in [1.807, 2.05) is 41.5 Å². The predicted octanol–water partition coefficient (Wildman–Crippen LogP) is 1.18. The lowest BCUT2D eigenvalue weighted by Gasteiger charge is -2.33. The molecule has 0 spiro atoms. The molecule has 3 heterocycles. The number of hydrogen-bond donors (Lipinski definition) is 3. The fourth-order valence-corrected chi connectivity index (χ4v) is 5.63. The van der Waals surface area contributed by atoms with E-state index >= 15 is 0 Å². The van der Waals surface area contributed by atoms with Gasteiger partial charge >= 0.3 is 0 Å². The second-order valence-electron chi connectivity index (χ2n) is 11.7. The first-order valence-corrected chi connectivity index (χ1v) is 14.0. The first-order valence-electron chi connectivity index (χ1n) is 14.0. The van der Waals surface area contributed by atoms with E-state index in [0.29, 0.717) is 51.6 Å².